The van der Waals surface area contributed by atoms with Crippen LogP contribution in [0.3, 0.4) is 0 Å². The second-order valence-electron chi connectivity index (χ2n) is 4.80. The van der Waals surface area contributed by atoms with Crippen molar-refractivity contribution in [1.82, 2.24) is 5.16 Å². The van der Waals surface area contributed by atoms with Gasteiger partial charge in [-0.15, -0.1) is 0 Å². The minimum atomic E-state index is -0.367. The first kappa shape index (κ1) is 13.9. The summed E-state index contributed by atoms with van der Waals surface area (Å²) in [5, 5.41) is 4.00. The molecule has 4 nitrogen and oxygen atoms in total. The van der Waals surface area contributed by atoms with E-state index in [2.05, 4.69) is 5.16 Å². The molecule has 5 radical (unpaired) electrons. The van der Waals surface area contributed by atoms with Crippen molar-refractivity contribution in [3.8, 4) is 11.3 Å². The molecule has 0 saturated heterocycles. The van der Waals surface area contributed by atoms with Gasteiger partial charge in [0, 0.05) is 11.6 Å². The highest BCUT2D eigenvalue weighted by atomic mass is 16.5. The summed E-state index contributed by atoms with van der Waals surface area (Å²) in [6, 6.07) is 9.76. The largest absolute Gasteiger partial charge is 0.457 e. The van der Waals surface area contributed by atoms with Gasteiger partial charge in [-0.05, 0) is 38.7 Å². The van der Waals surface area contributed by atoms with Crippen molar-refractivity contribution in [3.05, 3.63) is 73.3 Å². The van der Waals surface area contributed by atoms with Crippen molar-refractivity contribution in [2.45, 2.75) is 13.5 Å². The SMILES string of the molecule is Cc1cccc(-c2cc(COC(=O)[C]3[CH][CH][CH][CH]3)on2)c1. The van der Waals surface area contributed by atoms with E-state index in [1.54, 1.807) is 31.7 Å². The Kier molecular flexibility index (Phi) is 4.04. The van der Waals surface area contributed by atoms with Crippen molar-refractivity contribution in [3.63, 3.8) is 0 Å². The van der Waals surface area contributed by atoms with Crippen LogP contribution in [0, 0.1) is 38.5 Å². The van der Waals surface area contributed by atoms with Gasteiger partial charge in [0.05, 0.1) is 5.92 Å². The number of benzene rings is 1. The predicted octanol–water partition coefficient (Wildman–Crippen LogP) is 3.10. The van der Waals surface area contributed by atoms with Gasteiger partial charge in [0.2, 0.25) is 0 Å². The minimum absolute atomic E-state index is 0.0723. The van der Waals surface area contributed by atoms with E-state index in [0.29, 0.717) is 11.7 Å². The van der Waals surface area contributed by atoms with Gasteiger partial charge in [-0.3, -0.25) is 4.79 Å². The van der Waals surface area contributed by atoms with E-state index in [1.807, 2.05) is 31.2 Å². The van der Waals surface area contributed by atoms with E-state index in [4.69, 9.17) is 9.26 Å². The number of carbonyl (C=O) groups is 1. The van der Waals surface area contributed by atoms with Gasteiger partial charge in [-0.2, -0.15) is 0 Å². The topological polar surface area (TPSA) is 52.3 Å². The van der Waals surface area contributed by atoms with Crippen LogP contribution in [0.4, 0.5) is 0 Å². The Labute approximate surface area is 124 Å². The van der Waals surface area contributed by atoms with Crippen LogP contribution in [-0.4, -0.2) is 11.1 Å². The van der Waals surface area contributed by atoms with E-state index >= 15 is 0 Å². The zero-order valence-corrected chi connectivity index (χ0v) is 11.6. The third-order valence-electron chi connectivity index (χ3n) is 3.12. The van der Waals surface area contributed by atoms with Crippen LogP contribution in [0.1, 0.15) is 11.3 Å². The molecule has 1 aliphatic carbocycles. The molecule has 0 bridgehead atoms. The maximum absolute atomic E-state index is 11.7. The molecule has 0 unspecified atom stereocenters. The molecule has 1 aromatic carbocycles. The zero-order chi connectivity index (χ0) is 14.7. The van der Waals surface area contributed by atoms with Crippen LogP contribution < -0.4 is 0 Å². The first-order valence-corrected chi connectivity index (χ1v) is 6.64. The van der Waals surface area contributed by atoms with Crippen LogP contribution in [-0.2, 0) is 16.1 Å². The van der Waals surface area contributed by atoms with Crippen LogP contribution in [0.15, 0.2) is 34.9 Å². The van der Waals surface area contributed by atoms with Crippen LogP contribution in [0.5, 0.6) is 0 Å². The second-order valence-corrected chi connectivity index (χ2v) is 4.80. The van der Waals surface area contributed by atoms with Crippen LogP contribution >= 0.6 is 0 Å². The second kappa shape index (κ2) is 6.12. The molecule has 1 aliphatic rings. The van der Waals surface area contributed by atoms with Gasteiger partial charge < -0.3 is 9.26 Å². The predicted molar refractivity (Wildman–Crippen MR) is 76.9 cm³/mol. The average Bonchev–Trinajstić information content (AvgIpc) is 3.16. The number of esters is 1. The van der Waals surface area contributed by atoms with E-state index < -0.39 is 0 Å². The normalized spacial score (nSPS) is 15.3. The summed E-state index contributed by atoms with van der Waals surface area (Å²) in [5.41, 5.74) is 2.87. The summed E-state index contributed by atoms with van der Waals surface area (Å²) in [5.74, 6) is 0.688. The molecule has 1 aromatic heterocycles. The molecule has 105 valence electrons. The van der Waals surface area contributed by atoms with Crippen molar-refractivity contribution in [2.75, 3.05) is 0 Å². The van der Waals surface area contributed by atoms with Gasteiger partial charge in [0.25, 0.3) is 0 Å². The first-order chi connectivity index (χ1) is 10.2. The third-order valence-corrected chi connectivity index (χ3v) is 3.12. The van der Waals surface area contributed by atoms with Crippen LogP contribution in [0.25, 0.3) is 11.3 Å². The highest BCUT2D eigenvalue weighted by Gasteiger charge is 2.26. The fourth-order valence-corrected chi connectivity index (χ4v) is 2.05. The van der Waals surface area contributed by atoms with Crippen molar-refractivity contribution >= 4 is 5.97 Å². The van der Waals surface area contributed by atoms with Crippen molar-refractivity contribution in [1.29, 1.82) is 0 Å². The van der Waals surface area contributed by atoms with E-state index in [1.165, 1.54) is 0 Å². The van der Waals surface area contributed by atoms with Crippen molar-refractivity contribution < 1.29 is 14.1 Å². The van der Waals surface area contributed by atoms with Gasteiger partial charge in [0.1, 0.15) is 5.69 Å². The molecular formula is C17H14NO3. The number of rotatable bonds is 4. The smallest absolute Gasteiger partial charge is 0.314 e. The number of aryl methyl sites for hydroxylation is 1. The average molecular weight is 280 g/mol. The highest BCUT2D eigenvalue weighted by molar-refractivity contribution is 5.91. The molecule has 0 spiro atoms. The number of carbonyl (C=O) groups excluding carboxylic acids is 1. The number of hydrogen-bond acceptors (Lipinski definition) is 4. The maximum Gasteiger partial charge on any atom is 0.314 e. The first-order valence-electron chi connectivity index (χ1n) is 6.64. The Morgan fingerprint density at radius 3 is 2.81 bits per heavy atom. The molecule has 4 heteroatoms. The van der Waals surface area contributed by atoms with Gasteiger partial charge in [-0.1, -0.05) is 28.9 Å². The van der Waals surface area contributed by atoms with Gasteiger partial charge in [0.15, 0.2) is 12.4 Å². The number of hydrogen-bond donors (Lipinski definition) is 0. The van der Waals surface area contributed by atoms with Crippen molar-refractivity contribution in [2.24, 2.45) is 0 Å². The lowest BCUT2D eigenvalue weighted by Crippen LogP contribution is -2.13. The molecular weight excluding hydrogens is 266 g/mol. The number of ether oxygens (including phenoxy) is 1. The summed E-state index contributed by atoms with van der Waals surface area (Å²) >= 11 is 0. The fourth-order valence-electron chi connectivity index (χ4n) is 2.05. The molecule has 1 fully saturated rings. The summed E-state index contributed by atoms with van der Waals surface area (Å²) in [4.78, 5) is 11.7. The van der Waals surface area contributed by atoms with Gasteiger partial charge >= 0.3 is 5.97 Å². The molecule has 2 aromatic rings. The molecule has 0 aliphatic heterocycles. The lowest BCUT2D eigenvalue weighted by atomic mass is 10.1. The van der Waals surface area contributed by atoms with E-state index in [9.17, 15) is 4.79 Å². The molecule has 3 rings (SSSR count). The van der Waals surface area contributed by atoms with Gasteiger partial charge in [-0.25, -0.2) is 0 Å². The molecule has 0 N–H and O–H groups in total. The van der Waals surface area contributed by atoms with E-state index in [0.717, 1.165) is 16.8 Å². The molecule has 0 atom stereocenters. The Morgan fingerprint density at radius 2 is 2.05 bits per heavy atom. The molecule has 1 heterocycles. The highest BCUT2D eigenvalue weighted by Crippen LogP contribution is 2.25. The summed E-state index contributed by atoms with van der Waals surface area (Å²) in [6.45, 7) is 2.09. The summed E-state index contributed by atoms with van der Waals surface area (Å²) in [7, 11) is 0. The van der Waals surface area contributed by atoms with E-state index in [-0.39, 0.29) is 12.6 Å². The molecule has 1 saturated carbocycles. The summed E-state index contributed by atoms with van der Waals surface area (Å²) in [6.07, 6.45) is 7.00. The number of nitrogens with zero attached hydrogens (tertiary/aromatic N) is 1. The number of aromatic nitrogens is 1. The Hall–Kier alpha value is -2.10. The maximum atomic E-state index is 11.7. The zero-order valence-electron chi connectivity index (χ0n) is 11.6. The lowest BCUT2D eigenvalue weighted by Gasteiger charge is -2.06. The molecule has 0 amide bonds. The monoisotopic (exact) mass is 280 g/mol. The lowest BCUT2D eigenvalue weighted by molar-refractivity contribution is -0.142. The standard InChI is InChI=1S/C17H14NO3/c1-12-5-4-8-14(9-12)16-10-15(21-18-16)11-20-17(19)13-6-2-3-7-13/h2-10H,11H2,1H3. The Morgan fingerprint density at radius 1 is 1.24 bits per heavy atom. The Bertz CT molecular complexity index is 626. The summed E-state index contributed by atoms with van der Waals surface area (Å²) < 4.78 is 10.4. The Balaban J connectivity index is 1.61. The fraction of sp³-hybridized carbons (Fsp3) is 0.118. The molecule has 21 heavy (non-hydrogen) atoms. The third kappa shape index (κ3) is 3.32. The quantitative estimate of drug-likeness (QED) is 0.807. The minimum Gasteiger partial charge on any atom is -0.457 e. The van der Waals surface area contributed by atoms with Crippen LogP contribution in [0.2, 0.25) is 0 Å².